The molecule has 0 aliphatic heterocycles. The maximum Gasteiger partial charge on any atom is 0.123 e. The molecule has 0 bridgehead atoms. The molecule has 0 unspecified atom stereocenters. The monoisotopic (exact) mass is 274 g/mol. The molecular weight excluding hydrogens is 259 g/mol. The van der Waals surface area contributed by atoms with Crippen LogP contribution in [-0.2, 0) is 0 Å². The summed E-state index contributed by atoms with van der Waals surface area (Å²) < 4.78 is 23.1. The van der Waals surface area contributed by atoms with Crippen LogP contribution >= 0.6 is 0 Å². The van der Waals surface area contributed by atoms with Crippen molar-refractivity contribution in [2.24, 2.45) is 5.10 Å². The zero-order valence-electron chi connectivity index (χ0n) is 11.3. The van der Waals surface area contributed by atoms with E-state index in [9.17, 15) is 4.39 Å². The number of benzene rings is 2. The molecule has 0 radical (unpaired) electrons. The molecule has 0 heterocycles. The van der Waals surface area contributed by atoms with E-state index in [0.717, 1.165) is 5.56 Å². The first kappa shape index (κ1) is 13.9. The van der Waals surface area contributed by atoms with Crippen LogP contribution in [0.2, 0.25) is 0 Å². The van der Waals surface area contributed by atoms with Gasteiger partial charge < -0.3 is 9.47 Å². The predicted molar refractivity (Wildman–Crippen MR) is 77.2 cm³/mol. The summed E-state index contributed by atoms with van der Waals surface area (Å²) in [7, 11) is 3.18. The molecule has 0 spiro atoms. The summed E-state index contributed by atoms with van der Waals surface area (Å²) >= 11 is 0. The van der Waals surface area contributed by atoms with Crippen LogP contribution in [0.5, 0.6) is 11.5 Å². The summed E-state index contributed by atoms with van der Waals surface area (Å²) in [6, 6.07) is 11.4. The Morgan fingerprint density at radius 1 is 1.00 bits per heavy atom. The lowest BCUT2D eigenvalue weighted by molar-refractivity contribution is 0.394. The Morgan fingerprint density at radius 3 is 2.15 bits per heavy atom. The number of nitrogens with zero attached hydrogens (tertiary/aromatic N) is 1. The fourth-order valence-corrected chi connectivity index (χ4v) is 1.61. The predicted octanol–water partition coefficient (Wildman–Crippen LogP) is 3.29. The lowest BCUT2D eigenvalue weighted by Gasteiger charge is -2.05. The molecule has 0 atom stereocenters. The molecule has 0 aliphatic rings. The van der Waals surface area contributed by atoms with Crippen molar-refractivity contribution >= 4 is 11.9 Å². The van der Waals surface area contributed by atoms with Gasteiger partial charge in [0.2, 0.25) is 0 Å². The molecule has 2 aromatic rings. The van der Waals surface area contributed by atoms with E-state index in [0.29, 0.717) is 17.2 Å². The van der Waals surface area contributed by atoms with E-state index in [4.69, 9.17) is 9.47 Å². The third-order valence-corrected chi connectivity index (χ3v) is 2.63. The molecule has 0 saturated carbocycles. The highest BCUT2D eigenvalue weighted by molar-refractivity contribution is 5.81. The van der Waals surface area contributed by atoms with Gasteiger partial charge in [-0.1, -0.05) is 0 Å². The van der Waals surface area contributed by atoms with Crippen molar-refractivity contribution in [2.45, 2.75) is 0 Å². The quantitative estimate of drug-likeness (QED) is 0.672. The third kappa shape index (κ3) is 3.71. The number of hydrogen-bond acceptors (Lipinski definition) is 4. The number of hydrazone groups is 1. The van der Waals surface area contributed by atoms with Crippen LogP contribution in [0.4, 0.5) is 10.1 Å². The van der Waals surface area contributed by atoms with Gasteiger partial charge in [-0.25, -0.2) is 4.39 Å². The first-order valence-electron chi connectivity index (χ1n) is 5.99. The Morgan fingerprint density at radius 2 is 1.60 bits per heavy atom. The molecule has 20 heavy (non-hydrogen) atoms. The van der Waals surface area contributed by atoms with Gasteiger partial charge in [0.1, 0.15) is 17.3 Å². The summed E-state index contributed by atoms with van der Waals surface area (Å²) in [5, 5.41) is 4.08. The maximum atomic E-state index is 12.7. The molecule has 104 valence electrons. The number of hydrogen-bond donors (Lipinski definition) is 1. The molecule has 2 rings (SSSR count). The largest absolute Gasteiger partial charge is 0.497 e. The molecule has 4 nitrogen and oxygen atoms in total. The number of rotatable bonds is 5. The van der Waals surface area contributed by atoms with E-state index in [2.05, 4.69) is 10.5 Å². The van der Waals surface area contributed by atoms with E-state index in [-0.39, 0.29) is 5.82 Å². The van der Waals surface area contributed by atoms with Gasteiger partial charge in [0, 0.05) is 11.6 Å². The van der Waals surface area contributed by atoms with Crippen molar-refractivity contribution < 1.29 is 13.9 Å². The molecule has 0 fully saturated rings. The molecule has 1 N–H and O–H groups in total. The fourth-order valence-electron chi connectivity index (χ4n) is 1.61. The molecular formula is C15H15FN2O2. The van der Waals surface area contributed by atoms with E-state index < -0.39 is 0 Å². The van der Waals surface area contributed by atoms with Crippen LogP contribution in [0.3, 0.4) is 0 Å². The zero-order valence-corrected chi connectivity index (χ0v) is 11.3. The standard InChI is InChI=1S/C15H15FN2O2/c1-19-14-7-11(8-15(9-14)20-2)10-17-18-13-5-3-12(16)4-6-13/h3-10,18H,1-2H3/b17-10+. The number of anilines is 1. The highest BCUT2D eigenvalue weighted by Gasteiger charge is 1.99. The Balaban J connectivity index is 2.08. The van der Waals surface area contributed by atoms with Gasteiger partial charge in [-0.05, 0) is 36.4 Å². The van der Waals surface area contributed by atoms with Crippen molar-refractivity contribution in [1.29, 1.82) is 0 Å². The van der Waals surface area contributed by atoms with Gasteiger partial charge in [-0.3, -0.25) is 5.43 Å². The topological polar surface area (TPSA) is 42.8 Å². The minimum atomic E-state index is -0.280. The van der Waals surface area contributed by atoms with E-state index in [1.54, 1.807) is 38.6 Å². The Bertz CT molecular complexity index is 575. The van der Waals surface area contributed by atoms with Crippen molar-refractivity contribution in [3.05, 3.63) is 53.8 Å². The second kappa shape index (κ2) is 6.56. The summed E-state index contributed by atoms with van der Waals surface area (Å²) in [6.45, 7) is 0. The number of ether oxygens (including phenoxy) is 2. The number of nitrogens with one attached hydrogen (secondary N) is 1. The van der Waals surface area contributed by atoms with E-state index in [1.807, 2.05) is 12.1 Å². The Kier molecular flexibility index (Phi) is 4.55. The first-order chi connectivity index (χ1) is 9.71. The average molecular weight is 274 g/mol. The Hall–Kier alpha value is -2.56. The van der Waals surface area contributed by atoms with Crippen LogP contribution in [0, 0.1) is 5.82 Å². The zero-order chi connectivity index (χ0) is 14.4. The Labute approximate surface area is 116 Å². The summed E-state index contributed by atoms with van der Waals surface area (Å²) in [6.07, 6.45) is 1.63. The second-order valence-corrected chi connectivity index (χ2v) is 4.02. The van der Waals surface area contributed by atoms with Crippen molar-refractivity contribution in [2.75, 3.05) is 19.6 Å². The van der Waals surface area contributed by atoms with Gasteiger partial charge in [0.15, 0.2) is 0 Å². The van der Waals surface area contributed by atoms with Gasteiger partial charge >= 0.3 is 0 Å². The lowest BCUT2D eigenvalue weighted by Crippen LogP contribution is -1.93. The number of halogens is 1. The van der Waals surface area contributed by atoms with Crippen molar-refractivity contribution in [1.82, 2.24) is 0 Å². The van der Waals surface area contributed by atoms with Gasteiger partial charge in [-0.2, -0.15) is 5.10 Å². The van der Waals surface area contributed by atoms with E-state index in [1.165, 1.54) is 12.1 Å². The molecule has 5 heteroatoms. The second-order valence-electron chi connectivity index (χ2n) is 4.02. The fraction of sp³-hybridized carbons (Fsp3) is 0.133. The van der Waals surface area contributed by atoms with Crippen LogP contribution in [-0.4, -0.2) is 20.4 Å². The van der Waals surface area contributed by atoms with Crippen LogP contribution in [0.15, 0.2) is 47.6 Å². The van der Waals surface area contributed by atoms with Crippen molar-refractivity contribution in [3.8, 4) is 11.5 Å². The maximum absolute atomic E-state index is 12.7. The van der Waals surface area contributed by atoms with Crippen LogP contribution in [0.1, 0.15) is 5.56 Å². The van der Waals surface area contributed by atoms with Crippen molar-refractivity contribution in [3.63, 3.8) is 0 Å². The molecule has 0 aromatic heterocycles. The van der Waals surface area contributed by atoms with Gasteiger partial charge in [0.05, 0.1) is 26.1 Å². The summed E-state index contributed by atoms with van der Waals surface area (Å²) in [5.74, 6) is 1.09. The lowest BCUT2D eigenvalue weighted by atomic mass is 10.2. The summed E-state index contributed by atoms with van der Waals surface area (Å²) in [5.41, 5.74) is 4.35. The minimum Gasteiger partial charge on any atom is -0.497 e. The smallest absolute Gasteiger partial charge is 0.123 e. The van der Waals surface area contributed by atoms with Gasteiger partial charge in [0.25, 0.3) is 0 Å². The highest BCUT2D eigenvalue weighted by Crippen LogP contribution is 2.21. The summed E-state index contributed by atoms with van der Waals surface area (Å²) in [4.78, 5) is 0. The molecule has 0 saturated heterocycles. The average Bonchev–Trinajstić information content (AvgIpc) is 2.49. The normalized spacial score (nSPS) is 10.6. The first-order valence-corrected chi connectivity index (χ1v) is 5.99. The molecule has 0 aliphatic carbocycles. The van der Waals surface area contributed by atoms with Gasteiger partial charge in [-0.15, -0.1) is 0 Å². The SMILES string of the molecule is COc1cc(/C=N/Nc2ccc(F)cc2)cc(OC)c1. The highest BCUT2D eigenvalue weighted by atomic mass is 19.1. The minimum absolute atomic E-state index is 0.280. The van der Waals surface area contributed by atoms with Crippen LogP contribution in [0.25, 0.3) is 0 Å². The number of methoxy groups -OCH3 is 2. The van der Waals surface area contributed by atoms with Crippen LogP contribution < -0.4 is 14.9 Å². The molecule has 0 amide bonds. The van der Waals surface area contributed by atoms with E-state index >= 15 is 0 Å². The third-order valence-electron chi connectivity index (χ3n) is 2.63. The molecule has 2 aromatic carbocycles.